The first-order valence-electron chi connectivity index (χ1n) is 15.0. The van der Waals surface area contributed by atoms with Crippen LogP contribution in [0.3, 0.4) is 0 Å². The molecule has 3 aromatic rings. The fraction of sp³-hybridized carbons (Fsp3) is 0.500. The van der Waals surface area contributed by atoms with Crippen LogP contribution in [0.4, 0.5) is 4.39 Å². The molecule has 7 heteroatoms. The summed E-state index contributed by atoms with van der Waals surface area (Å²) in [6, 6.07) is 17.2. The number of cyclic esters (lactones) is 1. The maximum absolute atomic E-state index is 14.1. The number of likely N-dealkylation sites (tertiary alicyclic amines) is 1. The molecule has 0 bridgehead atoms. The van der Waals surface area contributed by atoms with Crippen LogP contribution in [-0.2, 0) is 26.5 Å². The second kappa shape index (κ2) is 10.7. The molecule has 216 valence electrons. The Morgan fingerprint density at radius 1 is 1.02 bits per heavy atom. The molecule has 0 N–H and O–H groups in total. The van der Waals surface area contributed by atoms with Crippen LogP contribution in [0.25, 0.3) is 10.9 Å². The molecule has 2 fully saturated rings. The first kappa shape index (κ1) is 27.7. The van der Waals surface area contributed by atoms with Crippen molar-refractivity contribution in [1.29, 1.82) is 0 Å². The number of carbonyl (C=O) groups is 3. The van der Waals surface area contributed by atoms with Crippen molar-refractivity contribution < 1.29 is 23.5 Å². The van der Waals surface area contributed by atoms with Gasteiger partial charge in [-0.05, 0) is 87.1 Å². The summed E-state index contributed by atoms with van der Waals surface area (Å²) in [6.07, 6.45) is 4.21. The molecule has 2 aliphatic heterocycles. The van der Waals surface area contributed by atoms with E-state index in [-0.39, 0.29) is 48.5 Å². The minimum Gasteiger partial charge on any atom is -0.434 e. The zero-order valence-corrected chi connectivity index (χ0v) is 24.1. The van der Waals surface area contributed by atoms with Gasteiger partial charge in [0, 0.05) is 30.2 Å². The summed E-state index contributed by atoms with van der Waals surface area (Å²) < 4.78 is 20.7. The van der Waals surface area contributed by atoms with Gasteiger partial charge >= 0.3 is 5.97 Å². The third kappa shape index (κ3) is 4.98. The molecule has 3 heterocycles. The Balaban J connectivity index is 1.25. The van der Waals surface area contributed by atoms with Gasteiger partial charge in [-0.1, -0.05) is 43.3 Å². The maximum Gasteiger partial charge on any atom is 0.357 e. The van der Waals surface area contributed by atoms with Gasteiger partial charge in [0.1, 0.15) is 5.69 Å². The zero-order valence-electron chi connectivity index (χ0n) is 24.1. The molecule has 1 saturated heterocycles. The van der Waals surface area contributed by atoms with E-state index in [4.69, 9.17) is 4.74 Å². The van der Waals surface area contributed by atoms with Crippen LogP contribution in [0, 0.1) is 17.8 Å². The van der Waals surface area contributed by atoms with Crippen molar-refractivity contribution >= 4 is 28.6 Å². The lowest BCUT2D eigenvalue weighted by Crippen LogP contribution is -2.46. The number of fused-ring (bicyclic) bond motifs is 3. The van der Waals surface area contributed by atoms with E-state index in [1.165, 1.54) is 0 Å². The predicted octanol–water partition coefficient (Wildman–Crippen LogP) is 6.41. The van der Waals surface area contributed by atoms with Crippen LogP contribution in [0.5, 0.6) is 0 Å². The molecular weight excluding hydrogens is 519 g/mol. The summed E-state index contributed by atoms with van der Waals surface area (Å²) in [5.74, 6) is -0.0219. The molecular formula is C34H39FN2O4. The van der Waals surface area contributed by atoms with E-state index >= 15 is 0 Å². The van der Waals surface area contributed by atoms with Gasteiger partial charge in [-0.3, -0.25) is 18.5 Å². The first-order chi connectivity index (χ1) is 19.7. The van der Waals surface area contributed by atoms with Gasteiger partial charge in [0.2, 0.25) is 5.91 Å². The van der Waals surface area contributed by atoms with Crippen LogP contribution in [0.15, 0.2) is 54.6 Å². The molecule has 0 spiro atoms. The summed E-state index contributed by atoms with van der Waals surface area (Å²) in [4.78, 5) is 42.2. The smallest absolute Gasteiger partial charge is 0.357 e. The minimum absolute atomic E-state index is 0.0330. The van der Waals surface area contributed by atoms with Crippen molar-refractivity contribution in [2.45, 2.75) is 77.0 Å². The molecule has 0 radical (unpaired) electrons. The van der Waals surface area contributed by atoms with E-state index in [0.717, 1.165) is 54.1 Å². The molecule has 1 aliphatic carbocycles. The van der Waals surface area contributed by atoms with Crippen molar-refractivity contribution in [2.24, 2.45) is 17.8 Å². The van der Waals surface area contributed by atoms with E-state index in [1.807, 2.05) is 72.7 Å². The van der Waals surface area contributed by atoms with Crippen molar-refractivity contribution in [3.05, 3.63) is 71.4 Å². The number of ether oxygens (including phenoxy) is 1. The number of alkyl halides is 1. The second-order valence-electron chi connectivity index (χ2n) is 12.8. The van der Waals surface area contributed by atoms with Crippen LogP contribution < -0.4 is 0 Å². The number of ketones is 1. The number of rotatable bonds is 7. The summed E-state index contributed by atoms with van der Waals surface area (Å²) in [7, 11) is 0. The largest absolute Gasteiger partial charge is 0.434 e. The molecule has 6 nitrogen and oxygen atoms in total. The predicted molar refractivity (Wildman–Crippen MR) is 155 cm³/mol. The summed E-state index contributed by atoms with van der Waals surface area (Å²) in [6.45, 7) is 5.93. The molecule has 3 atom stereocenters. The lowest BCUT2D eigenvalue weighted by atomic mass is 9.76. The van der Waals surface area contributed by atoms with Crippen LogP contribution in [-0.4, -0.2) is 46.4 Å². The van der Waals surface area contributed by atoms with Crippen molar-refractivity contribution in [3.63, 3.8) is 0 Å². The minimum atomic E-state index is -0.762. The number of Topliss-reactive ketones (excluding diaryl/α,β-unsaturated/α-hetero) is 1. The Hall–Kier alpha value is -3.48. The molecule has 41 heavy (non-hydrogen) atoms. The maximum atomic E-state index is 14.1. The SMILES string of the molecule is C[C@H](CF)C1CCC(C(=O)N2CC[C@H](c3ccccc3)[C@H]2C(=O)Cc2ccc3c(c2)cc2n3C(C)(C)OC2=O)CC1. The fourth-order valence-electron chi connectivity index (χ4n) is 7.52. The van der Waals surface area contributed by atoms with Gasteiger partial charge in [0.15, 0.2) is 11.5 Å². The van der Waals surface area contributed by atoms with Crippen LogP contribution in [0.1, 0.15) is 80.4 Å². The fourth-order valence-corrected chi connectivity index (χ4v) is 7.52. The highest BCUT2D eigenvalue weighted by Gasteiger charge is 2.44. The van der Waals surface area contributed by atoms with E-state index in [1.54, 1.807) is 0 Å². The van der Waals surface area contributed by atoms with Gasteiger partial charge < -0.3 is 9.64 Å². The average Bonchev–Trinajstić information content (AvgIpc) is 3.65. The Kier molecular flexibility index (Phi) is 7.25. The Labute approximate surface area is 240 Å². The lowest BCUT2D eigenvalue weighted by Gasteiger charge is -2.35. The highest BCUT2D eigenvalue weighted by atomic mass is 19.1. The van der Waals surface area contributed by atoms with Gasteiger partial charge in [-0.15, -0.1) is 0 Å². The Morgan fingerprint density at radius 2 is 1.76 bits per heavy atom. The van der Waals surface area contributed by atoms with E-state index in [9.17, 15) is 18.8 Å². The number of aromatic nitrogens is 1. The van der Waals surface area contributed by atoms with Crippen LogP contribution >= 0.6 is 0 Å². The van der Waals surface area contributed by atoms with Crippen LogP contribution in [0.2, 0.25) is 0 Å². The molecule has 3 aliphatic rings. The number of halogens is 1. The quantitative estimate of drug-likeness (QED) is 0.314. The number of esters is 1. The lowest BCUT2D eigenvalue weighted by molar-refractivity contribution is -0.142. The van der Waals surface area contributed by atoms with Crippen molar-refractivity contribution in [3.8, 4) is 0 Å². The third-order valence-corrected chi connectivity index (χ3v) is 9.74. The highest BCUT2D eigenvalue weighted by Crippen LogP contribution is 2.40. The third-order valence-electron chi connectivity index (χ3n) is 9.74. The molecule has 2 aromatic carbocycles. The Morgan fingerprint density at radius 3 is 2.46 bits per heavy atom. The normalized spacial score (nSPS) is 26.1. The van der Waals surface area contributed by atoms with Gasteiger partial charge in [-0.2, -0.15) is 0 Å². The molecule has 1 saturated carbocycles. The molecule has 1 amide bonds. The van der Waals surface area contributed by atoms with Gasteiger partial charge in [-0.25, -0.2) is 4.79 Å². The summed E-state index contributed by atoms with van der Waals surface area (Å²) >= 11 is 0. The molecule has 1 aromatic heterocycles. The Bertz CT molecular complexity index is 1470. The number of hydrogen-bond donors (Lipinski definition) is 0. The van der Waals surface area contributed by atoms with Crippen molar-refractivity contribution in [1.82, 2.24) is 9.47 Å². The van der Waals surface area contributed by atoms with E-state index in [2.05, 4.69) is 12.1 Å². The van der Waals surface area contributed by atoms with Crippen molar-refractivity contribution in [2.75, 3.05) is 13.2 Å². The number of carbonyl (C=O) groups excluding carboxylic acids is 3. The average molecular weight is 559 g/mol. The van der Waals surface area contributed by atoms with Gasteiger partial charge in [0.05, 0.1) is 18.2 Å². The number of benzene rings is 2. The monoisotopic (exact) mass is 558 g/mol. The second-order valence-corrected chi connectivity index (χ2v) is 12.8. The first-order valence-corrected chi connectivity index (χ1v) is 15.0. The van der Waals surface area contributed by atoms with Gasteiger partial charge in [0.25, 0.3) is 0 Å². The summed E-state index contributed by atoms with van der Waals surface area (Å²) in [5, 5.41) is 0.897. The topological polar surface area (TPSA) is 68.6 Å². The highest BCUT2D eigenvalue weighted by molar-refractivity contribution is 5.99. The van der Waals surface area contributed by atoms with E-state index in [0.29, 0.717) is 18.2 Å². The standard InChI is InChI=1S/C34H39FN2O4/c1-21(20-35)23-10-12-25(13-11-23)32(39)36-16-15-27(24-7-5-4-6-8-24)31(36)30(38)18-22-9-14-28-26(17-22)19-29-33(40)41-34(2,3)37(28)29/h4-9,14,17,19,21,23,25,27,31H,10-13,15-16,18,20H2,1-3H3/t21-,23?,25?,27-,31+/m1/s1. The number of nitrogens with zero attached hydrogens (tertiary/aromatic N) is 2. The zero-order chi connectivity index (χ0) is 28.9. The molecule has 0 unspecified atom stereocenters. The van der Waals surface area contributed by atoms with E-state index < -0.39 is 11.8 Å². The summed E-state index contributed by atoms with van der Waals surface area (Å²) in [5.41, 5.74) is 2.60. The molecule has 6 rings (SSSR count). The number of amides is 1. The number of hydrogen-bond acceptors (Lipinski definition) is 4.